The maximum atomic E-state index is 5.95. The van der Waals surface area contributed by atoms with Gasteiger partial charge in [0.25, 0.3) is 5.89 Å². The fourth-order valence-corrected chi connectivity index (χ4v) is 3.92. The first-order valence-corrected chi connectivity index (χ1v) is 10.5. The minimum Gasteiger partial charge on any atom is -0.353 e. The van der Waals surface area contributed by atoms with E-state index in [1.54, 1.807) is 0 Å². The van der Waals surface area contributed by atoms with E-state index in [1.807, 2.05) is 36.5 Å². The van der Waals surface area contributed by atoms with Gasteiger partial charge in [-0.15, -0.1) is 0 Å². The lowest BCUT2D eigenvalue weighted by molar-refractivity contribution is 0.312. The number of halogens is 1. The highest BCUT2D eigenvalue weighted by atomic mass is 35.5. The molecule has 1 aromatic carbocycles. The summed E-state index contributed by atoms with van der Waals surface area (Å²) in [5.74, 6) is 2.20. The summed E-state index contributed by atoms with van der Waals surface area (Å²) in [5.41, 5.74) is 3.03. The number of benzene rings is 1. The third-order valence-electron chi connectivity index (χ3n) is 5.58. The average Bonchev–Trinajstić information content (AvgIpc) is 3.41. The van der Waals surface area contributed by atoms with Crippen molar-refractivity contribution in [2.24, 2.45) is 0 Å². The Hall–Kier alpha value is -2.90. The number of H-pyrrole nitrogens is 1. The number of anilines is 1. The second kappa shape index (κ2) is 8.08. The second-order valence-corrected chi connectivity index (χ2v) is 8.15. The van der Waals surface area contributed by atoms with Crippen molar-refractivity contribution in [1.29, 1.82) is 0 Å². The van der Waals surface area contributed by atoms with Crippen LogP contribution < -0.4 is 4.90 Å². The van der Waals surface area contributed by atoms with Crippen LogP contribution in [-0.2, 0) is 12.8 Å². The Morgan fingerprint density at radius 2 is 1.87 bits per heavy atom. The molecule has 1 fully saturated rings. The number of likely N-dealkylation sites (N-methyl/N-ethyl adjacent to an activating group) is 1. The molecule has 0 aliphatic carbocycles. The van der Waals surface area contributed by atoms with Gasteiger partial charge in [0.05, 0.1) is 5.52 Å². The van der Waals surface area contributed by atoms with Gasteiger partial charge in [-0.3, -0.25) is 0 Å². The van der Waals surface area contributed by atoms with Gasteiger partial charge >= 0.3 is 0 Å². The molecule has 154 valence electrons. The molecule has 0 atom stereocenters. The lowest BCUT2D eigenvalue weighted by Crippen LogP contribution is -2.44. The Morgan fingerprint density at radius 3 is 2.67 bits per heavy atom. The maximum Gasteiger partial charge on any atom is 0.274 e. The summed E-state index contributed by atoms with van der Waals surface area (Å²) in [5, 5.41) is 5.97. The van der Waals surface area contributed by atoms with Crippen LogP contribution in [0.4, 0.5) is 5.82 Å². The number of pyridine rings is 1. The molecule has 1 saturated heterocycles. The van der Waals surface area contributed by atoms with Crippen LogP contribution in [0.1, 0.15) is 11.4 Å². The van der Waals surface area contributed by atoms with Crippen molar-refractivity contribution >= 4 is 28.3 Å². The Morgan fingerprint density at radius 1 is 1.07 bits per heavy atom. The summed E-state index contributed by atoms with van der Waals surface area (Å²) < 4.78 is 5.53. The van der Waals surface area contributed by atoms with Crippen LogP contribution in [0.3, 0.4) is 0 Å². The van der Waals surface area contributed by atoms with E-state index in [2.05, 4.69) is 43.0 Å². The first kappa shape index (κ1) is 19.1. The van der Waals surface area contributed by atoms with E-state index in [1.165, 1.54) is 5.56 Å². The van der Waals surface area contributed by atoms with E-state index < -0.39 is 0 Å². The van der Waals surface area contributed by atoms with Gasteiger partial charge in [0, 0.05) is 49.2 Å². The van der Waals surface area contributed by atoms with Crippen LogP contribution >= 0.6 is 11.6 Å². The summed E-state index contributed by atoms with van der Waals surface area (Å²) in [6, 6.07) is 11.9. The summed E-state index contributed by atoms with van der Waals surface area (Å²) in [6.07, 6.45) is 3.39. The molecule has 0 amide bonds. The first-order valence-electron chi connectivity index (χ1n) is 10.1. The van der Waals surface area contributed by atoms with Crippen molar-refractivity contribution in [3.63, 3.8) is 0 Å². The fraction of sp³-hybridized carbons (Fsp3) is 0.318. The van der Waals surface area contributed by atoms with Gasteiger partial charge in [-0.1, -0.05) is 28.9 Å². The molecule has 7 nitrogen and oxygen atoms in total. The average molecular weight is 423 g/mol. The lowest BCUT2D eigenvalue weighted by atomic mass is 10.1. The highest BCUT2D eigenvalue weighted by Gasteiger charge is 2.20. The molecule has 0 unspecified atom stereocenters. The van der Waals surface area contributed by atoms with Gasteiger partial charge < -0.3 is 19.3 Å². The molecule has 8 heteroatoms. The highest BCUT2D eigenvalue weighted by Crippen LogP contribution is 2.29. The minimum absolute atomic E-state index is 0.502. The van der Waals surface area contributed by atoms with E-state index >= 15 is 0 Å². The largest absolute Gasteiger partial charge is 0.353 e. The fourth-order valence-electron chi connectivity index (χ4n) is 3.80. The van der Waals surface area contributed by atoms with Crippen LogP contribution in [0.2, 0.25) is 5.02 Å². The number of hydrogen-bond acceptors (Lipinski definition) is 6. The van der Waals surface area contributed by atoms with Crippen molar-refractivity contribution in [2.45, 2.75) is 12.8 Å². The van der Waals surface area contributed by atoms with E-state index in [0.717, 1.165) is 60.0 Å². The van der Waals surface area contributed by atoms with Crippen molar-refractivity contribution in [1.82, 2.24) is 25.0 Å². The SMILES string of the molecule is CN1CCN(c2nccc3[nH]c(-c4nc(CCc5ccc(Cl)cc5)no4)cc23)CC1. The Bertz CT molecular complexity index is 1140. The van der Waals surface area contributed by atoms with Gasteiger partial charge in [-0.2, -0.15) is 4.98 Å². The Kier molecular flexibility index (Phi) is 5.14. The lowest BCUT2D eigenvalue weighted by Gasteiger charge is -2.33. The number of aromatic nitrogens is 4. The van der Waals surface area contributed by atoms with Gasteiger partial charge in [0.2, 0.25) is 0 Å². The number of nitrogens with one attached hydrogen (secondary N) is 1. The number of aryl methyl sites for hydroxylation is 2. The monoisotopic (exact) mass is 422 g/mol. The molecule has 5 rings (SSSR count). The maximum absolute atomic E-state index is 5.95. The van der Waals surface area contributed by atoms with Crippen molar-refractivity contribution in [3.8, 4) is 11.6 Å². The van der Waals surface area contributed by atoms with Crippen LogP contribution in [0.5, 0.6) is 0 Å². The second-order valence-electron chi connectivity index (χ2n) is 7.71. The van der Waals surface area contributed by atoms with Crippen LogP contribution in [-0.4, -0.2) is 58.2 Å². The van der Waals surface area contributed by atoms with Crippen molar-refractivity contribution in [3.05, 3.63) is 59.0 Å². The molecule has 1 aliphatic rings. The highest BCUT2D eigenvalue weighted by molar-refractivity contribution is 6.30. The van der Waals surface area contributed by atoms with Gasteiger partial charge in [0.15, 0.2) is 5.82 Å². The molecule has 3 aromatic heterocycles. The first-order chi connectivity index (χ1) is 14.7. The molecule has 4 aromatic rings. The molecule has 1 N–H and O–H groups in total. The standard InChI is InChI=1S/C22H23ClN6O/c1-28-10-12-29(13-11-28)21-17-14-19(25-18(17)8-9-24-21)22-26-20(27-30-22)7-4-15-2-5-16(23)6-3-15/h2-3,5-6,8-9,14,25H,4,7,10-13H2,1H3. The molecular formula is C22H23ClN6O. The summed E-state index contributed by atoms with van der Waals surface area (Å²) in [4.78, 5) is 17.3. The summed E-state index contributed by atoms with van der Waals surface area (Å²) in [6.45, 7) is 4.02. The van der Waals surface area contributed by atoms with Gasteiger partial charge in [0.1, 0.15) is 11.5 Å². The zero-order chi connectivity index (χ0) is 20.5. The molecule has 0 saturated carbocycles. The topological polar surface area (TPSA) is 74.1 Å². The third kappa shape index (κ3) is 3.91. The number of nitrogens with zero attached hydrogens (tertiary/aromatic N) is 5. The molecule has 4 heterocycles. The van der Waals surface area contributed by atoms with Gasteiger partial charge in [-0.25, -0.2) is 4.98 Å². The summed E-state index contributed by atoms with van der Waals surface area (Å²) >= 11 is 5.95. The van der Waals surface area contributed by atoms with Crippen molar-refractivity contribution in [2.75, 3.05) is 38.1 Å². The zero-order valence-corrected chi connectivity index (χ0v) is 17.6. The van der Waals surface area contributed by atoms with E-state index in [-0.39, 0.29) is 0 Å². The quantitative estimate of drug-likeness (QED) is 0.527. The third-order valence-corrected chi connectivity index (χ3v) is 5.83. The molecular weight excluding hydrogens is 400 g/mol. The number of hydrogen-bond donors (Lipinski definition) is 1. The minimum atomic E-state index is 0.502. The predicted molar refractivity (Wildman–Crippen MR) is 118 cm³/mol. The Balaban J connectivity index is 1.35. The summed E-state index contributed by atoms with van der Waals surface area (Å²) in [7, 11) is 2.15. The molecule has 1 aliphatic heterocycles. The molecule has 30 heavy (non-hydrogen) atoms. The van der Waals surface area contributed by atoms with E-state index in [0.29, 0.717) is 18.1 Å². The Labute approximate surface area is 179 Å². The molecule has 0 bridgehead atoms. The normalized spacial score (nSPS) is 15.2. The van der Waals surface area contributed by atoms with Crippen LogP contribution in [0, 0.1) is 0 Å². The van der Waals surface area contributed by atoms with Crippen LogP contribution in [0.25, 0.3) is 22.5 Å². The molecule has 0 spiro atoms. The predicted octanol–water partition coefficient (Wildman–Crippen LogP) is 3.80. The number of piperazine rings is 1. The van der Waals surface area contributed by atoms with E-state index in [9.17, 15) is 0 Å². The number of aromatic amines is 1. The van der Waals surface area contributed by atoms with Crippen LogP contribution in [0.15, 0.2) is 47.1 Å². The number of rotatable bonds is 5. The van der Waals surface area contributed by atoms with Gasteiger partial charge in [-0.05, 0) is 43.3 Å². The zero-order valence-electron chi connectivity index (χ0n) is 16.8. The molecule has 0 radical (unpaired) electrons. The van der Waals surface area contributed by atoms with Crippen molar-refractivity contribution < 1.29 is 4.52 Å². The van der Waals surface area contributed by atoms with E-state index in [4.69, 9.17) is 16.1 Å². The smallest absolute Gasteiger partial charge is 0.274 e. The number of fused-ring (bicyclic) bond motifs is 1.